The Morgan fingerprint density at radius 3 is 2.56 bits per heavy atom. The maximum Gasteiger partial charge on any atom is 0.0622 e. The van der Waals surface area contributed by atoms with E-state index >= 15 is 0 Å². The lowest BCUT2D eigenvalue weighted by Crippen LogP contribution is -2.54. The average molecular weight is 225 g/mol. The third kappa shape index (κ3) is 2.43. The first kappa shape index (κ1) is 12.4. The maximum atomic E-state index is 5.78. The molecule has 94 valence electrons. The summed E-state index contributed by atoms with van der Waals surface area (Å²) < 4.78 is 5.78. The van der Waals surface area contributed by atoms with Gasteiger partial charge in [-0.1, -0.05) is 13.8 Å². The second-order valence-corrected chi connectivity index (χ2v) is 6.21. The first-order valence-electron chi connectivity index (χ1n) is 6.93. The van der Waals surface area contributed by atoms with Crippen molar-refractivity contribution in [3.8, 4) is 0 Å². The van der Waals surface area contributed by atoms with Crippen molar-refractivity contribution >= 4 is 0 Å². The van der Waals surface area contributed by atoms with Gasteiger partial charge < -0.3 is 4.74 Å². The smallest absolute Gasteiger partial charge is 0.0622 e. The molecule has 3 fully saturated rings. The lowest BCUT2D eigenvalue weighted by atomic mass is 9.73. The van der Waals surface area contributed by atoms with E-state index in [9.17, 15) is 0 Å². The molecule has 2 heteroatoms. The van der Waals surface area contributed by atoms with E-state index in [1.54, 1.807) is 0 Å². The molecule has 0 saturated carbocycles. The SMILES string of the molecule is CC(C)C1CC2COCCC1CN2C(C)C. The molecule has 0 aromatic carbocycles. The Kier molecular flexibility index (Phi) is 3.91. The van der Waals surface area contributed by atoms with Crippen molar-refractivity contribution in [2.45, 2.75) is 52.6 Å². The van der Waals surface area contributed by atoms with E-state index in [2.05, 4.69) is 32.6 Å². The van der Waals surface area contributed by atoms with Crippen LogP contribution >= 0.6 is 0 Å². The highest BCUT2D eigenvalue weighted by Crippen LogP contribution is 2.37. The second kappa shape index (κ2) is 5.05. The molecular weight excluding hydrogens is 198 g/mol. The standard InChI is InChI=1S/C14H27NO/c1-10(2)14-7-13-9-16-6-5-12(14)8-15(13)11(3)4/h10-14H,5-9H2,1-4H3. The first-order valence-corrected chi connectivity index (χ1v) is 6.93. The van der Waals surface area contributed by atoms with Crippen LogP contribution in [0, 0.1) is 17.8 Å². The fraction of sp³-hybridized carbons (Fsp3) is 1.00. The summed E-state index contributed by atoms with van der Waals surface area (Å²) >= 11 is 0. The van der Waals surface area contributed by atoms with Crippen LogP contribution in [0.2, 0.25) is 0 Å². The molecule has 0 radical (unpaired) electrons. The number of piperidine rings is 1. The van der Waals surface area contributed by atoms with Crippen LogP contribution in [-0.4, -0.2) is 36.7 Å². The fourth-order valence-electron chi connectivity index (χ4n) is 3.57. The van der Waals surface area contributed by atoms with Crippen LogP contribution < -0.4 is 0 Å². The van der Waals surface area contributed by atoms with Crippen molar-refractivity contribution in [2.24, 2.45) is 17.8 Å². The van der Waals surface area contributed by atoms with Crippen LogP contribution in [-0.2, 0) is 4.74 Å². The van der Waals surface area contributed by atoms with E-state index in [-0.39, 0.29) is 0 Å². The van der Waals surface area contributed by atoms with Crippen LogP contribution in [0.15, 0.2) is 0 Å². The Morgan fingerprint density at radius 2 is 1.94 bits per heavy atom. The predicted molar refractivity (Wildman–Crippen MR) is 67.5 cm³/mol. The van der Waals surface area contributed by atoms with E-state index in [0.717, 1.165) is 31.0 Å². The van der Waals surface area contributed by atoms with E-state index in [4.69, 9.17) is 4.74 Å². The third-order valence-electron chi connectivity index (χ3n) is 4.53. The van der Waals surface area contributed by atoms with Gasteiger partial charge in [-0.25, -0.2) is 0 Å². The molecule has 2 bridgehead atoms. The van der Waals surface area contributed by atoms with Gasteiger partial charge in [0.15, 0.2) is 0 Å². The van der Waals surface area contributed by atoms with Gasteiger partial charge in [-0.3, -0.25) is 4.90 Å². The normalized spacial score (nSPS) is 36.8. The van der Waals surface area contributed by atoms with Gasteiger partial charge in [-0.05, 0) is 44.4 Å². The molecule has 3 heterocycles. The summed E-state index contributed by atoms with van der Waals surface area (Å²) in [7, 11) is 0. The van der Waals surface area contributed by atoms with Gasteiger partial charge in [0.2, 0.25) is 0 Å². The zero-order valence-electron chi connectivity index (χ0n) is 11.3. The molecule has 16 heavy (non-hydrogen) atoms. The Labute approximate surface area is 100 Å². The number of ether oxygens (including phenoxy) is 1. The summed E-state index contributed by atoms with van der Waals surface area (Å²) in [6.45, 7) is 12.7. The molecule has 0 aromatic heterocycles. The van der Waals surface area contributed by atoms with Crippen LogP contribution in [0.4, 0.5) is 0 Å². The number of hydrogen-bond donors (Lipinski definition) is 0. The van der Waals surface area contributed by atoms with Crippen molar-refractivity contribution in [1.82, 2.24) is 4.90 Å². The highest BCUT2D eigenvalue weighted by molar-refractivity contribution is 4.91. The molecule has 3 atom stereocenters. The number of rotatable bonds is 2. The van der Waals surface area contributed by atoms with Crippen molar-refractivity contribution < 1.29 is 4.74 Å². The molecule has 2 nitrogen and oxygen atoms in total. The van der Waals surface area contributed by atoms with Gasteiger partial charge in [-0.2, -0.15) is 0 Å². The molecular formula is C14H27NO. The van der Waals surface area contributed by atoms with Crippen LogP contribution in [0.25, 0.3) is 0 Å². The van der Waals surface area contributed by atoms with Gasteiger partial charge in [0.25, 0.3) is 0 Å². The maximum absolute atomic E-state index is 5.78. The van der Waals surface area contributed by atoms with Gasteiger partial charge >= 0.3 is 0 Å². The zero-order valence-corrected chi connectivity index (χ0v) is 11.3. The second-order valence-electron chi connectivity index (χ2n) is 6.21. The highest BCUT2D eigenvalue weighted by atomic mass is 16.5. The Balaban J connectivity index is 2.12. The molecule has 3 rings (SSSR count). The van der Waals surface area contributed by atoms with Crippen molar-refractivity contribution in [1.29, 1.82) is 0 Å². The summed E-state index contributed by atoms with van der Waals surface area (Å²) in [5.74, 6) is 2.61. The zero-order chi connectivity index (χ0) is 11.7. The molecule has 0 N–H and O–H groups in total. The van der Waals surface area contributed by atoms with Crippen molar-refractivity contribution in [3.05, 3.63) is 0 Å². The highest BCUT2D eigenvalue weighted by Gasteiger charge is 2.38. The van der Waals surface area contributed by atoms with Gasteiger partial charge in [0, 0.05) is 25.2 Å². The molecule has 3 unspecified atom stereocenters. The molecule has 0 aliphatic carbocycles. The molecule has 0 amide bonds. The predicted octanol–water partition coefficient (Wildman–Crippen LogP) is 2.78. The third-order valence-corrected chi connectivity index (χ3v) is 4.53. The van der Waals surface area contributed by atoms with Gasteiger partial charge in [0.05, 0.1) is 6.61 Å². The van der Waals surface area contributed by atoms with Crippen LogP contribution in [0.5, 0.6) is 0 Å². The van der Waals surface area contributed by atoms with E-state index < -0.39 is 0 Å². The summed E-state index contributed by atoms with van der Waals surface area (Å²) in [4.78, 5) is 2.67. The average Bonchev–Trinajstić information content (AvgIpc) is 2.16. The summed E-state index contributed by atoms with van der Waals surface area (Å²) in [5.41, 5.74) is 0. The lowest BCUT2D eigenvalue weighted by molar-refractivity contribution is -0.0605. The van der Waals surface area contributed by atoms with Gasteiger partial charge in [0.1, 0.15) is 0 Å². The van der Waals surface area contributed by atoms with Crippen LogP contribution in [0.3, 0.4) is 0 Å². The molecule has 3 aliphatic heterocycles. The van der Waals surface area contributed by atoms with E-state index in [0.29, 0.717) is 12.1 Å². The topological polar surface area (TPSA) is 12.5 Å². The van der Waals surface area contributed by atoms with Crippen molar-refractivity contribution in [3.63, 3.8) is 0 Å². The number of hydrogen-bond acceptors (Lipinski definition) is 2. The number of nitrogens with zero attached hydrogens (tertiary/aromatic N) is 1. The Morgan fingerprint density at radius 1 is 1.19 bits per heavy atom. The van der Waals surface area contributed by atoms with E-state index in [1.165, 1.54) is 19.4 Å². The summed E-state index contributed by atoms with van der Waals surface area (Å²) in [5, 5.41) is 0. The van der Waals surface area contributed by atoms with Crippen molar-refractivity contribution in [2.75, 3.05) is 19.8 Å². The Bertz CT molecular complexity index is 203. The minimum Gasteiger partial charge on any atom is -0.380 e. The molecule has 0 spiro atoms. The fourth-order valence-corrected chi connectivity index (χ4v) is 3.57. The summed E-state index contributed by atoms with van der Waals surface area (Å²) in [6, 6.07) is 1.34. The molecule has 3 saturated heterocycles. The lowest BCUT2D eigenvalue weighted by Gasteiger charge is -2.49. The quantitative estimate of drug-likeness (QED) is 0.716. The van der Waals surface area contributed by atoms with Gasteiger partial charge in [-0.15, -0.1) is 0 Å². The number of fused-ring (bicyclic) bond motifs is 5. The van der Waals surface area contributed by atoms with E-state index in [1.807, 2.05) is 0 Å². The monoisotopic (exact) mass is 225 g/mol. The molecule has 3 aliphatic rings. The Hall–Kier alpha value is -0.0800. The minimum atomic E-state index is 0.669. The molecule has 0 aromatic rings. The summed E-state index contributed by atoms with van der Waals surface area (Å²) in [6.07, 6.45) is 2.61. The van der Waals surface area contributed by atoms with Crippen LogP contribution in [0.1, 0.15) is 40.5 Å². The largest absolute Gasteiger partial charge is 0.380 e. The minimum absolute atomic E-state index is 0.669. The first-order chi connectivity index (χ1) is 7.59.